The second kappa shape index (κ2) is 4.51. The topological polar surface area (TPSA) is 96.7 Å². The number of hydrogen-bond donors (Lipinski definition) is 2. The van der Waals surface area contributed by atoms with Crippen LogP contribution in [0.4, 0.5) is 0 Å². The number of carbonyl (C=O) groups is 1. The number of aromatic carboxylic acids is 1. The van der Waals surface area contributed by atoms with E-state index in [1.807, 2.05) is 0 Å². The molecule has 0 unspecified atom stereocenters. The zero-order chi connectivity index (χ0) is 13.4. The third-order valence-corrected chi connectivity index (χ3v) is 3.41. The van der Waals surface area contributed by atoms with Crippen LogP contribution in [0.25, 0.3) is 5.65 Å². The van der Waals surface area contributed by atoms with Gasteiger partial charge in [0.1, 0.15) is 5.56 Å². The smallest absolute Gasteiger partial charge is 0.343 e. The largest absolute Gasteiger partial charge is 0.477 e. The van der Waals surface area contributed by atoms with E-state index in [2.05, 4.69) is 10.1 Å². The first-order valence-electron chi connectivity index (χ1n) is 6.08. The van der Waals surface area contributed by atoms with E-state index < -0.39 is 11.5 Å². The first kappa shape index (κ1) is 11.9. The van der Waals surface area contributed by atoms with Gasteiger partial charge in [-0.2, -0.15) is 0 Å². The molecule has 1 fully saturated rings. The summed E-state index contributed by atoms with van der Waals surface area (Å²) < 4.78 is 6.48. The number of ether oxygens (including phenoxy) is 1. The van der Waals surface area contributed by atoms with Crippen molar-refractivity contribution in [1.82, 2.24) is 14.6 Å². The monoisotopic (exact) mass is 263 g/mol. The molecule has 100 valence electrons. The molecule has 7 heteroatoms. The van der Waals surface area contributed by atoms with Crippen molar-refractivity contribution in [2.45, 2.75) is 18.8 Å². The van der Waals surface area contributed by atoms with Gasteiger partial charge in [-0.3, -0.25) is 9.89 Å². The van der Waals surface area contributed by atoms with E-state index in [1.54, 1.807) is 6.07 Å². The molecule has 1 aliphatic heterocycles. The van der Waals surface area contributed by atoms with E-state index in [1.165, 1.54) is 4.52 Å². The van der Waals surface area contributed by atoms with E-state index in [9.17, 15) is 9.59 Å². The molecule has 3 rings (SSSR count). The highest BCUT2D eigenvalue weighted by atomic mass is 16.5. The maximum Gasteiger partial charge on any atom is 0.343 e. The SMILES string of the molecule is O=C(O)c1cnc2cc(C3CCOCC3)[nH]n2c1=O. The van der Waals surface area contributed by atoms with Crippen LogP contribution < -0.4 is 5.56 Å². The van der Waals surface area contributed by atoms with Crippen LogP contribution in [0.2, 0.25) is 0 Å². The Morgan fingerprint density at radius 2 is 2.21 bits per heavy atom. The van der Waals surface area contributed by atoms with Crippen molar-refractivity contribution in [3.8, 4) is 0 Å². The Balaban J connectivity index is 2.08. The second-order valence-electron chi connectivity index (χ2n) is 4.57. The number of nitrogens with one attached hydrogen (secondary N) is 1. The Bertz CT molecular complexity index is 682. The van der Waals surface area contributed by atoms with Crippen LogP contribution in [0.3, 0.4) is 0 Å². The van der Waals surface area contributed by atoms with Crippen molar-refractivity contribution >= 4 is 11.6 Å². The van der Waals surface area contributed by atoms with E-state index >= 15 is 0 Å². The Kier molecular flexibility index (Phi) is 2.83. The number of rotatable bonds is 2. The van der Waals surface area contributed by atoms with Crippen LogP contribution in [0.15, 0.2) is 17.1 Å². The molecule has 0 saturated carbocycles. The van der Waals surface area contributed by atoms with Gasteiger partial charge in [-0.05, 0) is 12.8 Å². The highest BCUT2D eigenvalue weighted by molar-refractivity contribution is 5.86. The number of carboxylic acid groups (broad SMARTS) is 1. The Labute approximate surface area is 107 Å². The van der Waals surface area contributed by atoms with Crippen LogP contribution in [-0.4, -0.2) is 38.9 Å². The number of hydrogen-bond acceptors (Lipinski definition) is 4. The van der Waals surface area contributed by atoms with Crippen LogP contribution in [0.1, 0.15) is 34.8 Å². The Morgan fingerprint density at radius 1 is 1.47 bits per heavy atom. The molecular formula is C12H13N3O4. The fourth-order valence-electron chi connectivity index (χ4n) is 2.34. The van der Waals surface area contributed by atoms with Crippen molar-refractivity contribution in [2.75, 3.05) is 13.2 Å². The van der Waals surface area contributed by atoms with Gasteiger partial charge in [0.2, 0.25) is 0 Å². The average Bonchev–Trinajstić information content (AvgIpc) is 2.85. The third kappa shape index (κ3) is 2.01. The molecule has 3 heterocycles. The summed E-state index contributed by atoms with van der Waals surface area (Å²) in [6, 6.07) is 1.79. The Hall–Kier alpha value is -2.15. The minimum absolute atomic E-state index is 0.295. The summed E-state index contributed by atoms with van der Waals surface area (Å²) in [4.78, 5) is 26.8. The molecule has 0 amide bonds. The maximum absolute atomic E-state index is 12.0. The molecule has 7 nitrogen and oxygen atoms in total. The van der Waals surface area contributed by atoms with Crippen LogP contribution in [0.5, 0.6) is 0 Å². The molecule has 2 aromatic heterocycles. The number of aromatic nitrogens is 3. The quantitative estimate of drug-likeness (QED) is 0.827. The normalized spacial score (nSPS) is 16.8. The zero-order valence-corrected chi connectivity index (χ0v) is 10.1. The number of H-pyrrole nitrogens is 1. The number of fused-ring (bicyclic) bond motifs is 1. The van der Waals surface area contributed by atoms with Crippen molar-refractivity contribution in [3.05, 3.63) is 33.9 Å². The number of carboxylic acids is 1. The molecule has 0 aliphatic carbocycles. The second-order valence-corrected chi connectivity index (χ2v) is 4.57. The molecule has 0 bridgehead atoms. The van der Waals surface area contributed by atoms with E-state index in [-0.39, 0.29) is 5.56 Å². The van der Waals surface area contributed by atoms with Gasteiger partial charge < -0.3 is 9.84 Å². The molecular weight excluding hydrogens is 250 g/mol. The van der Waals surface area contributed by atoms with E-state index in [0.29, 0.717) is 24.8 Å². The van der Waals surface area contributed by atoms with E-state index in [4.69, 9.17) is 9.84 Å². The van der Waals surface area contributed by atoms with Gasteiger partial charge in [0.05, 0.1) is 0 Å². The molecule has 2 aromatic rings. The highest BCUT2D eigenvalue weighted by Crippen LogP contribution is 2.25. The van der Waals surface area contributed by atoms with Gasteiger partial charge in [0, 0.05) is 37.1 Å². The molecule has 0 radical (unpaired) electrons. The molecule has 1 saturated heterocycles. The van der Waals surface area contributed by atoms with Crippen molar-refractivity contribution < 1.29 is 14.6 Å². The average molecular weight is 263 g/mol. The maximum atomic E-state index is 12.0. The molecule has 0 spiro atoms. The fourth-order valence-corrected chi connectivity index (χ4v) is 2.34. The lowest BCUT2D eigenvalue weighted by molar-refractivity contribution is 0.0694. The summed E-state index contributed by atoms with van der Waals surface area (Å²) >= 11 is 0. The standard InChI is InChI=1S/C12H13N3O4/c16-11-8(12(17)18)6-13-10-5-9(14-15(10)11)7-1-3-19-4-2-7/h5-7,14H,1-4H2,(H,17,18). The summed E-state index contributed by atoms with van der Waals surface area (Å²) in [5.41, 5.74) is 0.417. The minimum atomic E-state index is -1.27. The number of nitrogens with zero attached hydrogens (tertiary/aromatic N) is 2. The van der Waals surface area contributed by atoms with Crippen molar-refractivity contribution in [3.63, 3.8) is 0 Å². The van der Waals surface area contributed by atoms with Gasteiger partial charge in [-0.25, -0.2) is 14.3 Å². The molecule has 0 atom stereocenters. The van der Waals surface area contributed by atoms with Crippen LogP contribution >= 0.6 is 0 Å². The molecule has 0 aromatic carbocycles. The summed E-state index contributed by atoms with van der Waals surface area (Å²) in [6.07, 6.45) is 2.86. The summed E-state index contributed by atoms with van der Waals surface area (Å²) in [5.74, 6) is -0.975. The van der Waals surface area contributed by atoms with Gasteiger partial charge in [0.25, 0.3) is 5.56 Å². The fraction of sp³-hybridized carbons (Fsp3) is 0.417. The first-order valence-corrected chi connectivity index (χ1v) is 6.08. The minimum Gasteiger partial charge on any atom is -0.477 e. The van der Waals surface area contributed by atoms with E-state index in [0.717, 1.165) is 24.7 Å². The van der Waals surface area contributed by atoms with Gasteiger partial charge in [-0.15, -0.1) is 0 Å². The predicted octanol–water partition coefficient (Wildman–Crippen LogP) is 0.615. The highest BCUT2D eigenvalue weighted by Gasteiger charge is 2.20. The van der Waals surface area contributed by atoms with Gasteiger partial charge in [-0.1, -0.05) is 0 Å². The van der Waals surface area contributed by atoms with Gasteiger partial charge >= 0.3 is 5.97 Å². The molecule has 1 aliphatic rings. The first-order chi connectivity index (χ1) is 9.16. The van der Waals surface area contributed by atoms with Crippen molar-refractivity contribution in [2.24, 2.45) is 0 Å². The summed E-state index contributed by atoms with van der Waals surface area (Å²) in [5, 5.41) is 11.8. The third-order valence-electron chi connectivity index (χ3n) is 3.41. The van der Waals surface area contributed by atoms with Crippen molar-refractivity contribution in [1.29, 1.82) is 0 Å². The van der Waals surface area contributed by atoms with Crippen LogP contribution in [0, 0.1) is 0 Å². The van der Waals surface area contributed by atoms with Crippen LogP contribution in [-0.2, 0) is 4.74 Å². The lowest BCUT2D eigenvalue weighted by Gasteiger charge is -2.20. The lowest BCUT2D eigenvalue weighted by atomic mass is 9.97. The predicted molar refractivity (Wildman–Crippen MR) is 65.6 cm³/mol. The lowest BCUT2D eigenvalue weighted by Crippen LogP contribution is -2.23. The zero-order valence-electron chi connectivity index (χ0n) is 10.1. The van der Waals surface area contributed by atoms with Gasteiger partial charge in [0.15, 0.2) is 5.65 Å². The summed E-state index contributed by atoms with van der Waals surface area (Å²) in [7, 11) is 0. The molecule has 2 N–H and O–H groups in total. The number of aromatic amines is 1. The summed E-state index contributed by atoms with van der Waals surface area (Å²) in [6.45, 7) is 1.39. The molecule has 19 heavy (non-hydrogen) atoms. The Morgan fingerprint density at radius 3 is 2.89 bits per heavy atom.